The van der Waals surface area contributed by atoms with Gasteiger partial charge in [0.05, 0.1) is 26.3 Å². The maximum Gasteiger partial charge on any atom is 0.254 e. The normalized spacial score (nSPS) is 10.6. The van der Waals surface area contributed by atoms with Gasteiger partial charge in [0.15, 0.2) is 5.76 Å². The summed E-state index contributed by atoms with van der Waals surface area (Å²) in [6, 6.07) is 26.4. The molecule has 0 atom stereocenters. The molecule has 1 amide bonds. The zero-order valence-corrected chi connectivity index (χ0v) is 18.0. The van der Waals surface area contributed by atoms with E-state index in [9.17, 15) is 4.79 Å². The van der Waals surface area contributed by atoms with Gasteiger partial charge in [0.2, 0.25) is 0 Å². The highest BCUT2D eigenvalue weighted by atomic mass is 16.5. The van der Waals surface area contributed by atoms with Crippen LogP contribution >= 0.6 is 0 Å². The molecule has 4 rings (SSSR count). The van der Waals surface area contributed by atoms with Crippen LogP contribution in [0.5, 0.6) is 11.5 Å². The summed E-state index contributed by atoms with van der Waals surface area (Å²) in [6.45, 7) is 0.771. The summed E-state index contributed by atoms with van der Waals surface area (Å²) >= 11 is 0. The summed E-state index contributed by atoms with van der Waals surface area (Å²) in [5, 5.41) is 4.21. The average molecular weight is 428 g/mol. The number of carbonyl (C=O) groups excluding carboxylic acids is 1. The van der Waals surface area contributed by atoms with Crippen LogP contribution in [0.3, 0.4) is 0 Å². The molecule has 0 aliphatic carbocycles. The lowest BCUT2D eigenvalue weighted by molar-refractivity contribution is 0.0726. The van der Waals surface area contributed by atoms with Crippen LogP contribution in [0.2, 0.25) is 0 Å². The van der Waals surface area contributed by atoms with E-state index >= 15 is 0 Å². The fourth-order valence-electron chi connectivity index (χ4n) is 3.48. The molecular formula is C26H24N2O4. The van der Waals surface area contributed by atoms with Crippen LogP contribution in [0.25, 0.3) is 11.3 Å². The molecule has 0 saturated heterocycles. The third kappa shape index (κ3) is 4.81. The van der Waals surface area contributed by atoms with E-state index in [-0.39, 0.29) is 5.91 Å². The van der Waals surface area contributed by atoms with Gasteiger partial charge in [0, 0.05) is 24.2 Å². The number of benzene rings is 3. The van der Waals surface area contributed by atoms with E-state index in [0.29, 0.717) is 41.6 Å². The fraction of sp³-hybridized carbons (Fsp3) is 0.154. The Morgan fingerprint density at radius 3 is 2.28 bits per heavy atom. The van der Waals surface area contributed by atoms with Crippen molar-refractivity contribution in [3.8, 4) is 22.8 Å². The highest BCUT2D eigenvalue weighted by Gasteiger charge is 2.20. The maximum absolute atomic E-state index is 13.2. The second-order valence-corrected chi connectivity index (χ2v) is 7.26. The summed E-state index contributed by atoms with van der Waals surface area (Å²) < 4.78 is 16.3. The minimum Gasteiger partial charge on any atom is -0.497 e. The standard InChI is InChI=1S/C26H24N2O4/c1-30-22-13-14-23(24(16-22)31-2)25-15-21(27-32-25)18-28(17-19-9-5-3-6-10-19)26(29)20-11-7-4-8-12-20/h3-16H,17-18H2,1-2H3. The van der Waals surface area contributed by atoms with Crippen LogP contribution in [0.15, 0.2) is 89.5 Å². The van der Waals surface area contributed by atoms with Crippen molar-refractivity contribution in [2.75, 3.05) is 14.2 Å². The molecule has 1 heterocycles. The molecule has 0 fully saturated rings. The largest absolute Gasteiger partial charge is 0.497 e. The van der Waals surface area contributed by atoms with Gasteiger partial charge in [-0.25, -0.2) is 0 Å². The zero-order chi connectivity index (χ0) is 22.3. The van der Waals surface area contributed by atoms with Crippen LogP contribution in [-0.2, 0) is 13.1 Å². The SMILES string of the molecule is COc1ccc(-c2cc(CN(Cc3ccccc3)C(=O)c3ccccc3)no2)c(OC)c1. The van der Waals surface area contributed by atoms with Crippen molar-refractivity contribution in [2.45, 2.75) is 13.1 Å². The lowest BCUT2D eigenvalue weighted by atomic mass is 10.1. The van der Waals surface area contributed by atoms with E-state index in [0.717, 1.165) is 11.1 Å². The second-order valence-electron chi connectivity index (χ2n) is 7.26. The molecule has 162 valence electrons. The number of aromatic nitrogens is 1. The fourth-order valence-corrected chi connectivity index (χ4v) is 3.48. The van der Waals surface area contributed by atoms with Crippen LogP contribution in [-0.4, -0.2) is 30.2 Å². The number of carbonyl (C=O) groups is 1. The Morgan fingerprint density at radius 1 is 0.875 bits per heavy atom. The molecule has 0 aliphatic rings. The van der Waals surface area contributed by atoms with Gasteiger partial charge < -0.3 is 18.9 Å². The highest BCUT2D eigenvalue weighted by molar-refractivity contribution is 5.94. The van der Waals surface area contributed by atoms with Crippen LogP contribution in [0.1, 0.15) is 21.6 Å². The molecule has 0 bridgehead atoms. The minimum absolute atomic E-state index is 0.0685. The van der Waals surface area contributed by atoms with E-state index in [1.54, 1.807) is 25.2 Å². The molecule has 0 N–H and O–H groups in total. The third-order valence-corrected chi connectivity index (χ3v) is 5.11. The number of hydrogen-bond donors (Lipinski definition) is 0. The molecule has 0 radical (unpaired) electrons. The van der Waals surface area contributed by atoms with Crippen molar-refractivity contribution in [1.29, 1.82) is 0 Å². The first-order valence-corrected chi connectivity index (χ1v) is 10.2. The Bertz CT molecular complexity index is 1170. The van der Waals surface area contributed by atoms with Gasteiger partial charge in [-0.15, -0.1) is 0 Å². The molecular weight excluding hydrogens is 404 g/mol. The second kappa shape index (κ2) is 9.83. The van der Waals surface area contributed by atoms with Gasteiger partial charge in [-0.2, -0.15) is 0 Å². The van der Waals surface area contributed by atoms with Crippen LogP contribution in [0.4, 0.5) is 0 Å². The molecule has 6 nitrogen and oxygen atoms in total. The van der Waals surface area contributed by atoms with Crippen molar-refractivity contribution in [3.63, 3.8) is 0 Å². The molecule has 0 saturated carbocycles. The Balaban J connectivity index is 1.60. The molecule has 1 aromatic heterocycles. The Morgan fingerprint density at radius 2 is 1.59 bits per heavy atom. The number of rotatable bonds is 8. The molecule has 0 unspecified atom stereocenters. The van der Waals surface area contributed by atoms with Crippen molar-refractivity contribution in [2.24, 2.45) is 0 Å². The molecule has 0 aliphatic heterocycles. The lowest BCUT2D eigenvalue weighted by Gasteiger charge is -2.22. The van der Waals surface area contributed by atoms with Crippen molar-refractivity contribution in [3.05, 3.63) is 102 Å². The first-order chi connectivity index (χ1) is 15.7. The average Bonchev–Trinajstić information content (AvgIpc) is 3.32. The summed E-state index contributed by atoms with van der Waals surface area (Å²) in [5.41, 5.74) is 3.08. The third-order valence-electron chi connectivity index (χ3n) is 5.11. The van der Waals surface area contributed by atoms with Crippen LogP contribution in [0, 0.1) is 0 Å². The van der Waals surface area contributed by atoms with Gasteiger partial charge in [0.1, 0.15) is 17.2 Å². The topological polar surface area (TPSA) is 64.8 Å². The summed E-state index contributed by atoms with van der Waals surface area (Å²) in [6.07, 6.45) is 0. The predicted molar refractivity (Wildman–Crippen MR) is 122 cm³/mol. The number of hydrogen-bond acceptors (Lipinski definition) is 5. The smallest absolute Gasteiger partial charge is 0.254 e. The molecule has 6 heteroatoms. The number of amides is 1. The number of nitrogens with zero attached hydrogens (tertiary/aromatic N) is 2. The Hall–Kier alpha value is -4.06. The lowest BCUT2D eigenvalue weighted by Crippen LogP contribution is -2.30. The van der Waals surface area contributed by atoms with Crippen molar-refractivity contribution < 1.29 is 18.8 Å². The van der Waals surface area contributed by atoms with E-state index < -0.39 is 0 Å². The predicted octanol–water partition coefficient (Wildman–Crippen LogP) is 5.20. The van der Waals surface area contributed by atoms with E-state index in [4.69, 9.17) is 14.0 Å². The monoisotopic (exact) mass is 428 g/mol. The quantitative estimate of drug-likeness (QED) is 0.386. The molecule has 3 aromatic carbocycles. The first-order valence-electron chi connectivity index (χ1n) is 10.2. The molecule has 4 aromatic rings. The zero-order valence-electron chi connectivity index (χ0n) is 18.0. The summed E-state index contributed by atoms with van der Waals surface area (Å²) in [4.78, 5) is 15.0. The minimum atomic E-state index is -0.0685. The first kappa shape index (κ1) is 21.2. The van der Waals surface area contributed by atoms with E-state index in [1.165, 1.54) is 0 Å². The van der Waals surface area contributed by atoms with Gasteiger partial charge >= 0.3 is 0 Å². The van der Waals surface area contributed by atoms with Gasteiger partial charge in [0.25, 0.3) is 5.91 Å². The molecule has 32 heavy (non-hydrogen) atoms. The summed E-state index contributed by atoms with van der Waals surface area (Å²) in [5.74, 6) is 1.80. The number of methoxy groups -OCH3 is 2. The summed E-state index contributed by atoms with van der Waals surface area (Å²) in [7, 11) is 3.20. The van der Waals surface area contributed by atoms with Crippen LogP contribution < -0.4 is 9.47 Å². The highest BCUT2D eigenvalue weighted by Crippen LogP contribution is 2.33. The maximum atomic E-state index is 13.2. The Labute approximate surface area is 187 Å². The van der Waals surface area contributed by atoms with Crippen molar-refractivity contribution >= 4 is 5.91 Å². The van der Waals surface area contributed by atoms with Gasteiger partial charge in [-0.3, -0.25) is 4.79 Å². The van der Waals surface area contributed by atoms with Gasteiger partial charge in [-0.1, -0.05) is 53.7 Å². The van der Waals surface area contributed by atoms with Crippen molar-refractivity contribution in [1.82, 2.24) is 10.1 Å². The number of ether oxygens (including phenoxy) is 2. The van der Waals surface area contributed by atoms with Gasteiger partial charge in [-0.05, 0) is 29.8 Å². The molecule has 0 spiro atoms. The van der Waals surface area contributed by atoms with E-state index in [2.05, 4.69) is 5.16 Å². The Kier molecular flexibility index (Phi) is 6.51. The van der Waals surface area contributed by atoms with E-state index in [1.807, 2.05) is 78.9 Å².